The van der Waals surface area contributed by atoms with Gasteiger partial charge in [-0.05, 0) is 24.7 Å². The number of hydrogen-bond donors (Lipinski definition) is 1. The number of halogens is 2. The van der Waals surface area contributed by atoms with Gasteiger partial charge in [-0.3, -0.25) is 0 Å². The number of nitrogens with one attached hydrogen (secondary N) is 1. The van der Waals surface area contributed by atoms with Gasteiger partial charge in [0.25, 0.3) is 0 Å². The van der Waals surface area contributed by atoms with Gasteiger partial charge in [0.05, 0.1) is 12.2 Å². The highest BCUT2D eigenvalue weighted by Gasteiger charge is 2.18. The van der Waals surface area contributed by atoms with Crippen molar-refractivity contribution < 1.29 is 4.39 Å². The quantitative estimate of drug-likeness (QED) is 0.887. The standard InChI is InChI=1S/C16H20ClFN4S/c1-2-21-5-7-22(8-6-21)15-4-3-12(9-14(15)18)19-10-13-11-20-16(17)23-13/h3-4,9,11,19H,2,5-8,10H2,1H3. The summed E-state index contributed by atoms with van der Waals surface area (Å²) in [5.74, 6) is -0.178. The zero-order chi connectivity index (χ0) is 16.2. The molecule has 0 bridgehead atoms. The molecule has 0 spiro atoms. The van der Waals surface area contributed by atoms with E-state index in [1.165, 1.54) is 11.3 Å². The second-order valence-corrected chi connectivity index (χ2v) is 7.22. The van der Waals surface area contributed by atoms with E-state index in [0.717, 1.165) is 43.3 Å². The average Bonchev–Trinajstić information content (AvgIpc) is 2.99. The van der Waals surface area contributed by atoms with Gasteiger partial charge in [-0.1, -0.05) is 18.5 Å². The Morgan fingerprint density at radius 3 is 2.70 bits per heavy atom. The molecule has 2 aromatic rings. The summed E-state index contributed by atoms with van der Waals surface area (Å²) < 4.78 is 14.9. The van der Waals surface area contributed by atoms with Crippen LogP contribution in [0.3, 0.4) is 0 Å². The Bertz CT molecular complexity index is 655. The maximum absolute atomic E-state index is 14.4. The molecule has 1 saturated heterocycles. The van der Waals surface area contributed by atoms with E-state index in [0.29, 0.717) is 16.7 Å². The monoisotopic (exact) mass is 354 g/mol. The van der Waals surface area contributed by atoms with Crippen molar-refractivity contribution in [2.24, 2.45) is 0 Å². The molecule has 2 heterocycles. The van der Waals surface area contributed by atoms with E-state index in [-0.39, 0.29) is 5.82 Å². The van der Waals surface area contributed by atoms with Crippen molar-refractivity contribution in [1.29, 1.82) is 0 Å². The number of likely N-dealkylation sites (N-methyl/N-ethyl adjacent to an activating group) is 1. The number of hydrogen-bond acceptors (Lipinski definition) is 5. The maximum Gasteiger partial charge on any atom is 0.183 e. The molecule has 1 aliphatic rings. The van der Waals surface area contributed by atoms with Crippen LogP contribution in [0.25, 0.3) is 0 Å². The molecule has 0 atom stereocenters. The van der Waals surface area contributed by atoms with Crippen LogP contribution >= 0.6 is 22.9 Å². The molecule has 3 rings (SSSR count). The van der Waals surface area contributed by atoms with Gasteiger partial charge in [0.2, 0.25) is 0 Å². The van der Waals surface area contributed by atoms with Crippen molar-refractivity contribution in [2.45, 2.75) is 13.5 Å². The van der Waals surface area contributed by atoms with Crippen molar-refractivity contribution in [3.63, 3.8) is 0 Å². The van der Waals surface area contributed by atoms with Gasteiger partial charge in [0.1, 0.15) is 5.82 Å². The van der Waals surface area contributed by atoms with Crippen LogP contribution in [0.15, 0.2) is 24.4 Å². The van der Waals surface area contributed by atoms with Crippen molar-refractivity contribution in [3.8, 4) is 0 Å². The highest BCUT2D eigenvalue weighted by Crippen LogP contribution is 2.25. The van der Waals surface area contributed by atoms with Gasteiger partial charge in [-0.2, -0.15) is 0 Å². The largest absolute Gasteiger partial charge is 0.380 e. The van der Waals surface area contributed by atoms with Crippen LogP contribution in [0.1, 0.15) is 11.8 Å². The molecule has 1 fully saturated rings. The Hall–Kier alpha value is -1.37. The summed E-state index contributed by atoms with van der Waals surface area (Å²) in [6, 6.07) is 5.34. The van der Waals surface area contributed by atoms with E-state index >= 15 is 0 Å². The number of anilines is 2. The number of aromatic nitrogens is 1. The molecule has 0 unspecified atom stereocenters. The van der Waals surface area contributed by atoms with Crippen molar-refractivity contribution >= 4 is 34.3 Å². The Morgan fingerprint density at radius 1 is 1.30 bits per heavy atom. The fourth-order valence-electron chi connectivity index (χ4n) is 2.73. The zero-order valence-electron chi connectivity index (χ0n) is 13.1. The first-order chi connectivity index (χ1) is 11.2. The fraction of sp³-hybridized carbons (Fsp3) is 0.438. The van der Waals surface area contributed by atoms with Crippen LogP contribution in [0.5, 0.6) is 0 Å². The predicted molar refractivity (Wildman–Crippen MR) is 95.2 cm³/mol. The van der Waals surface area contributed by atoms with Crippen LogP contribution in [0.2, 0.25) is 4.47 Å². The summed E-state index contributed by atoms with van der Waals surface area (Å²) in [5, 5.41) is 3.21. The Balaban J connectivity index is 1.61. The molecule has 124 valence electrons. The lowest BCUT2D eigenvalue weighted by Gasteiger charge is -2.35. The molecule has 1 N–H and O–H groups in total. The van der Waals surface area contributed by atoms with Crippen LogP contribution in [0.4, 0.5) is 15.8 Å². The molecule has 1 aromatic carbocycles. The number of nitrogens with zero attached hydrogens (tertiary/aromatic N) is 3. The minimum atomic E-state index is -0.178. The van der Waals surface area contributed by atoms with Crippen molar-refractivity contribution in [3.05, 3.63) is 39.6 Å². The average molecular weight is 355 g/mol. The van der Waals surface area contributed by atoms with E-state index < -0.39 is 0 Å². The van der Waals surface area contributed by atoms with Crippen molar-refractivity contribution in [1.82, 2.24) is 9.88 Å². The highest BCUT2D eigenvalue weighted by atomic mass is 35.5. The summed E-state index contributed by atoms with van der Waals surface area (Å²) in [6.07, 6.45) is 1.73. The second-order valence-electron chi connectivity index (χ2n) is 5.52. The Kier molecular flexibility index (Phi) is 5.35. The molecule has 4 nitrogen and oxygen atoms in total. The second kappa shape index (κ2) is 7.47. The van der Waals surface area contributed by atoms with E-state index in [4.69, 9.17) is 11.6 Å². The number of piperazine rings is 1. The van der Waals surface area contributed by atoms with Gasteiger partial charge in [0.15, 0.2) is 4.47 Å². The lowest BCUT2D eigenvalue weighted by molar-refractivity contribution is 0.270. The zero-order valence-corrected chi connectivity index (χ0v) is 14.6. The number of thiazole rings is 1. The SMILES string of the molecule is CCN1CCN(c2ccc(NCc3cnc(Cl)s3)cc2F)CC1. The summed E-state index contributed by atoms with van der Waals surface area (Å²) >= 11 is 7.23. The first-order valence-electron chi connectivity index (χ1n) is 7.76. The van der Waals surface area contributed by atoms with E-state index in [9.17, 15) is 4.39 Å². The normalized spacial score (nSPS) is 15.9. The van der Waals surface area contributed by atoms with Gasteiger partial charge in [-0.25, -0.2) is 9.37 Å². The third-order valence-electron chi connectivity index (χ3n) is 4.10. The van der Waals surface area contributed by atoms with Crippen LogP contribution in [-0.2, 0) is 6.54 Å². The molecular weight excluding hydrogens is 335 g/mol. The Labute approximate surface area is 144 Å². The van der Waals surface area contributed by atoms with Crippen molar-refractivity contribution in [2.75, 3.05) is 42.9 Å². The number of rotatable bonds is 5. The van der Waals surface area contributed by atoms with Gasteiger partial charge in [0, 0.05) is 42.9 Å². The molecule has 0 radical (unpaired) electrons. The first kappa shape index (κ1) is 16.5. The third-order valence-corrected chi connectivity index (χ3v) is 5.21. The Morgan fingerprint density at radius 2 is 2.09 bits per heavy atom. The summed E-state index contributed by atoms with van der Waals surface area (Å²) in [5.41, 5.74) is 1.45. The maximum atomic E-state index is 14.4. The summed E-state index contributed by atoms with van der Waals surface area (Å²) in [6.45, 7) is 7.53. The minimum Gasteiger partial charge on any atom is -0.380 e. The topological polar surface area (TPSA) is 31.4 Å². The first-order valence-corrected chi connectivity index (χ1v) is 8.96. The van der Waals surface area contributed by atoms with Crippen LogP contribution in [0, 0.1) is 5.82 Å². The number of benzene rings is 1. The van der Waals surface area contributed by atoms with E-state index in [2.05, 4.69) is 27.0 Å². The van der Waals surface area contributed by atoms with E-state index in [1.807, 2.05) is 12.1 Å². The molecular formula is C16H20ClFN4S. The molecule has 1 aromatic heterocycles. The molecule has 0 amide bonds. The highest BCUT2D eigenvalue weighted by molar-refractivity contribution is 7.15. The van der Waals surface area contributed by atoms with Gasteiger partial charge >= 0.3 is 0 Å². The van der Waals surface area contributed by atoms with Gasteiger partial charge in [-0.15, -0.1) is 11.3 Å². The minimum absolute atomic E-state index is 0.178. The predicted octanol–water partition coefficient (Wildman–Crippen LogP) is 3.69. The fourth-order valence-corrected chi connectivity index (χ4v) is 3.65. The van der Waals surface area contributed by atoms with Crippen LogP contribution < -0.4 is 10.2 Å². The molecule has 23 heavy (non-hydrogen) atoms. The van der Waals surface area contributed by atoms with Crippen LogP contribution in [-0.4, -0.2) is 42.6 Å². The molecule has 1 aliphatic heterocycles. The lowest BCUT2D eigenvalue weighted by atomic mass is 10.2. The molecule has 0 saturated carbocycles. The smallest absolute Gasteiger partial charge is 0.183 e. The van der Waals surface area contributed by atoms with Gasteiger partial charge < -0.3 is 15.1 Å². The molecule has 0 aliphatic carbocycles. The summed E-state index contributed by atoms with van der Waals surface area (Å²) in [4.78, 5) is 9.52. The third kappa shape index (κ3) is 4.13. The lowest BCUT2D eigenvalue weighted by Crippen LogP contribution is -2.46. The van der Waals surface area contributed by atoms with E-state index in [1.54, 1.807) is 12.3 Å². The molecule has 7 heteroatoms. The summed E-state index contributed by atoms with van der Waals surface area (Å²) in [7, 11) is 0.